The summed E-state index contributed by atoms with van der Waals surface area (Å²) in [6.45, 7) is 2.04. The molecule has 3 aromatic carbocycles. The Kier molecular flexibility index (Phi) is 4.72. The average molecular weight is 303 g/mol. The van der Waals surface area contributed by atoms with Crippen LogP contribution in [-0.4, -0.2) is 5.91 Å². The molecule has 3 rings (SSSR count). The minimum absolute atomic E-state index is 0.00405. The molecule has 0 saturated carbocycles. The highest BCUT2D eigenvalue weighted by molar-refractivity contribution is 5.86. The third-order valence-electron chi connectivity index (χ3n) is 4.15. The van der Waals surface area contributed by atoms with Crippen LogP contribution in [0.4, 0.5) is 0 Å². The van der Waals surface area contributed by atoms with Gasteiger partial charge in [-0.25, -0.2) is 0 Å². The highest BCUT2D eigenvalue weighted by atomic mass is 16.1. The summed E-state index contributed by atoms with van der Waals surface area (Å²) >= 11 is 0. The summed E-state index contributed by atoms with van der Waals surface area (Å²) in [6, 6.07) is 24.6. The van der Waals surface area contributed by atoms with Crippen LogP contribution in [0.25, 0.3) is 10.8 Å². The van der Waals surface area contributed by atoms with Crippen molar-refractivity contribution in [2.45, 2.75) is 25.8 Å². The van der Waals surface area contributed by atoms with Crippen LogP contribution in [0.5, 0.6) is 0 Å². The summed E-state index contributed by atoms with van der Waals surface area (Å²) in [5.41, 5.74) is 2.36. The summed E-state index contributed by atoms with van der Waals surface area (Å²) in [6.07, 6.45) is 1.29. The Morgan fingerprint density at radius 1 is 0.913 bits per heavy atom. The molecule has 23 heavy (non-hydrogen) atoms. The largest absolute Gasteiger partial charge is 0.350 e. The van der Waals surface area contributed by atoms with E-state index in [0.717, 1.165) is 12.0 Å². The molecule has 0 saturated heterocycles. The molecule has 0 radical (unpaired) electrons. The van der Waals surface area contributed by atoms with E-state index in [4.69, 9.17) is 0 Å². The molecular weight excluding hydrogens is 282 g/mol. The molecule has 0 spiro atoms. The van der Waals surface area contributed by atoms with Crippen LogP contribution >= 0.6 is 0 Å². The summed E-state index contributed by atoms with van der Waals surface area (Å²) in [5, 5.41) is 5.52. The maximum Gasteiger partial charge on any atom is 0.220 e. The number of amides is 1. The lowest BCUT2D eigenvalue weighted by Crippen LogP contribution is -2.26. The van der Waals surface area contributed by atoms with Crippen LogP contribution in [-0.2, 0) is 11.2 Å². The number of hydrogen-bond donors (Lipinski definition) is 1. The van der Waals surface area contributed by atoms with Crippen molar-refractivity contribution in [1.29, 1.82) is 0 Å². The van der Waals surface area contributed by atoms with Crippen molar-refractivity contribution in [3.63, 3.8) is 0 Å². The van der Waals surface area contributed by atoms with Gasteiger partial charge in [-0.1, -0.05) is 72.8 Å². The minimum atomic E-state index is 0.00405. The van der Waals surface area contributed by atoms with E-state index in [1.54, 1.807) is 0 Å². The van der Waals surface area contributed by atoms with Crippen molar-refractivity contribution in [2.24, 2.45) is 0 Å². The van der Waals surface area contributed by atoms with Crippen LogP contribution in [0.2, 0.25) is 0 Å². The molecule has 0 aliphatic heterocycles. The predicted octanol–water partition coefficient (Wildman–Crippen LogP) is 4.65. The molecule has 1 amide bonds. The molecule has 0 heterocycles. The van der Waals surface area contributed by atoms with Crippen molar-refractivity contribution in [2.75, 3.05) is 0 Å². The number of benzene rings is 3. The third-order valence-corrected chi connectivity index (χ3v) is 4.15. The summed E-state index contributed by atoms with van der Waals surface area (Å²) in [5.74, 6) is 0.0919. The molecule has 0 fully saturated rings. The van der Waals surface area contributed by atoms with Crippen molar-refractivity contribution in [3.8, 4) is 0 Å². The number of aryl methyl sites for hydroxylation is 1. The van der Waals surface area contributed by atoms with E-state index in [-0.39, 0.29) is 11.9 Å². The molecule has 0 bridgehead atoms. The van der Waals surface area contributed by atoms with Gasteiger partial charge in [0.25, 0.3) is 0 Å². The van der Waals surface area contributed by atoms with Crippen molar-refractivity contribution >= 4 is 16.7 Å². The standard InChI is InChI=1S/C21H21NO/c1-16(19-13-7-11-18-10-5-6-12-20(18)19)22-21(23)15-14-17-8-3-2-4-9-17/h2-13,16H,14-15H2,1H3,(H,22,23)/t16-/m1/s1. The van der Waals surface area contributed by atoms with Crippen molar-refractivity contribution < 1.29 is 4.79 Å². The lowest BCUT2D eigenvalue weighted by atomic mass is 9.99. The predicted molar refractivity (Wildman–Crippen MR) is 95.3 cm³/mol. The Labute approximate surface area is 137 Å². The maximum absolute atomic E-state index is 12.2. The Morgan fingerprint density at radius 3 is 2.43 bits per heavy atom. The summed E-state index contributed by atoms with van der Waals surface area (Å²) in [4.78, 5) is 12.2. The van der Waals surface area contributed by atoms with Crippen LogP contribution in [0, 0.1) is 0 Å². The van der Waals surface area contributed by atoms with Gasteiger partial charge in [0.05, 0.1) is 6.04 Å². The lowest BCUT2D eigenvalue weighted by Gasteiger charge is -2.16. The second-order valence-corrected chi connectivity index (χ2v) is 5.84. The van der Waals surface area contributed by atoms with E-state index in [9.17, 15) is 4.79 Å². The Morgan fingerprint density at radius 2 is 1.61 bits per heavy atom. The fraction of sp³-hybridized carbons (Fsp3) is 0.190. The first-order chi connectivity index (χ1) is 11.2. The molecular formula is C21H21NO. The van der Waals surface area contributed by atoms with E-state index in [0.29, 0.717) is 6.42 Å². The fourth-order valence-corrected chi connectivity index (χ4v) is 2.92. The highest BCUT2D eigenvalue weighted by Crippen LogP contribution is 2.24. The molecule has 0 aromatic heterocycles. The zero-order chi connectivity index (χ0) is 16.1. The normalized spacial score (nSPS) is 12.0. The topological polar surface area (TPSA) is 29.1 Å². The molecule has 3 aromatic rings. The summed E-state index contributed by atoms with van der Waals surface area (Å²) < 4.78 is 0. The molecule has 116 valence electrons. The molecule has 1 atom stereocenters. The van der Waals surface area contributed by atoms with E-state index < -0.39 is 0 Å². The lowest BCUT2D eigenvalue weighted by molar-refractivity contribution is -0.121. The Hall–Kier alpha value is -2.61. The van der Waals surface area contributed by atoms with Gasteiger partial charge >= 0.3 is 0 Å². The first kappa shape index (κ1) is 15.3. The van der Waals surface area contributed by atoms with Gasteiger partial charge < -0.3 is 5.32 Å². The van der Waals surface area contributed by atoms with Crippen LogP contribution < -0.4 is 5.32 Å². The number of carbonyl (C=O) groups excluding carboxylic acids is 1. The smallest absolute Gasteiger partial charge is 0.220 e. The van der Waals surface area contributed by atoms with Crippen LogP contribution in [0.15, 0.2) is 72.8 Å². The van der Waals surface area contributed by atoms with E-state index in [1.165, 1.54) is 16.3 Å². The quantitative estimate of drug-likeness (QED) is 0.730. The van der Waals surface area contributed by atoms with Gasteiger partial charge in [0.15, 0.2) is 0 Å². The van der Waals surface area contributed by atoms with E-state index in [1.807, 2.05) is 43.3 Å². The number of hydrogen-bond acceptors (Lipinski definition) is 1. The van der Waals surface area contributed by atoms with Crippen molar-refractivity contribution in [1.82, 2.24) is 5.32 Å². The highest BCUT2D eigenvalue weighted by Gasteiger charge is 2.12. The van der Waals surface area contributed by atoms with Gasteiger partial charge in [0.1, 0.15) is 0 Å². The monoisotopic (exact) mass is 303 g/mol. The third kappa shape index (κ3) is 3.78. The summed E-state index contributed by atoms with van der Waals surface area (Å²) in [7, 11) is 0. The number of fused-ring (bicyclic) bond motifs is 1. The van der Waals surface area contributed by atoms with E-state index in [2.05, 4.69) is 41.7 Å². The Balaban J connectivity index is 1.66. The zero-order valence-electron chi connectivity index (χ0n) is 13.3. The molecule has 2 nitrogen and oxygen atoms in total. The van der Waals surface area contributed by atoms with Crippen LogP contribution in [0.3, 0.4) is 0 Å². The van der Waals surface area contributed by atoms with Gasteiger partial charge in [-0.2, -0.15) is 0 Å². The SMILES string of the molecule is C[C@@H](NC(=O)CCc1ccccc1)c1cccc2ccccc12. The van der Waals surface area contributed by atoms with Crippen molar-refractivity contribution in [3.05, 3.63) is 83.9 Å². The van der Waals surface area contributed by atoms with Gasteiger partial charge in [0, 0.05) is 6.42 Å². The molecule has 1 N–H and O–H groups in total. The number of rotatable bonds is 5. The first-order valence-corrected chi connectivity index (χ1v) is 8.05. The van der Waals surface area contributed by atoms with Gasteiger partial charge in [0.2, 0.25) is 5.91 Å². The first-order valence-electron chi connectivity index (χ1n) is 8.05. The maximum atomic E-state index is 12.2. The minimum Gasteiger partial charge on any atom is -0.350 e. The second kappa shape index (κ2) is 7.10. The Bertz CT molecular complexity index is 790. The zero-order valence-corrected chi connectivity index (χ0v) is 13.3. The van der Waals surface area contributed by atoms with E-state index >= 15 is 0 Å². The van der Waals surface area contributed by atoms with Gasteiger partial charge in [-0.3, -0.25) is 4.79 Å². The number of carbonyl (C=O) groups is 1. The van der Waals surface area contributed by atoms with Gasteiger partial charge in [-0.05, 0) is 35.2 Å². The molecule has 0 unspecified atom stereocenters. The molecule has 2 heteroatoms. The number of nitrogens with one attached hydrogen (secondary N) is 1. The fourth-order valence-electron chi connectivity index (χ4n) is 2.92. The molecule has 0 aliphatic carbocycles. The molecule has 0 aliphatic rings. The average Bonchev–Trinajstić information content (AvgIpc) is 2.60. The second-order valence-electron chi connectivity index (χ2n) is 5.84. The van der Waals surface area contributed by atoms with Crippen LogP contribution in [0.1, 0.15) is 30.5 Å². The van der Waals surface area contributed by atoms with Gasteiger partial charge in [-0.15, -0.1) is 0 Å².